The predicted octanol–water partition coefficient (Wildman–Crippen LogP) is 4.69. The zero-order valence-corrected chi connectivity index (χ0v) is 18.3. The van der Waals surface area contributed by atoms with Gasteiger partial charge in [0.15, 0.2) is 0 Å². The summed E-state index contributed by atoms with van der Waals surface area (Å²) in [7, 11) is 0. The normalized spacial score (nSPS) is 14.8. The fraction of sp³-hybridized carbons (Fsp3) is 0.250. The van der Waals surface area contributed by atoms with Crippen LogP contribution < -0.4 is 5.32 Å². The molecule has 6 nitrogen and oxygen atoms in total. The van der Waals surface area contributed by atoms with Crippen LogP contribution in [0.2, 0.25) is 5.15 Å². The summed E-state index contributed by atoms with van der Waals surface area (Å²) in [6, 6.07) is 16.2. The Morgan fingerprint density at radius 2 is 1.68 bits per heavy atom. The third kappa shape index (κ3) is 4.86. The Kier molecular flexibility index (Phi) is 6.79. The number of aromatic nitrogens is 1. The Balaban J connectivity index is 1.36. The number of alkyl halides is 3. The van der Waals surface area contributed by atoms with E-state index in [4.69, 9.17) is 16.3 Å². The smallest absolute Gasteiger partial charge is 0.417 e. The maximum absolute atomic E-state index is 12.9. The van der Waals surface area contributed by atoms with Gasteiger partial charge < -0.3 is 20.3 Å². The Hall–Kier alpha value is -3.14. The standard InChI is InChI=1S/C24H20ClF3N2O4/c25-22-18(9-13(10-29-22)24(26,27)28)21(32)20(31)11-30-23(33)34-12-19-16-7-3-1-5-14(16)15-6-2-4-8-17(15)19/h1-10,19-21,31-32H,11-12H2,(H,30,33). The lowest BCUT2D eigenvalue weighted by atomic mass is 9.98. The first kappa shape index (κ1) is 24.0. The summed E-state index contributed by atoms with van der Waals surface area (Å²) in [5.41, 5.74) is 2.66. The molecule has 1 amide bonds. The molecule has 34 heavy (non-hydrogen) atoms. The molecule has 4 rings (SSSR count). The molecular formula is C24H20ClF3N2O4. The predicted molar refractivity (Wildman–Crippen MR) is 118 cm³/mol. The van der Waals surface area contributed by atoms with Crippen molar-refractivity contribution in [3.63, 3.8) is 0 Å². The quantitative estimate of drug-likeness (QED) is 0.434. The van der Waals surface area contributed by atoms with E-state index in [0.29, 0.717) is 12.3 Å². The fourth-order valence-electron chi connectivity index (χ4n) is 3.98. The Morgan fingerprint density at radius 1 is 1.09 bits per heavy atom. The van der Waals surface area contributed by atoms with Gasteiger partial charge in [-0.15, -0.1) is 0 Å². The molecule has 2 aromatic carbocycles. The SMILES string of the molecule is O=C(NCC(O)C(O)c1cc(C(F)(F)F)cnc1Cl)OCC1c2ccccc2-c2ccccc21. The number of pyridine rings is 1. The largest absolute Gasteiger partial charge is 0.449 e. The maximum Gasteiger partial charge on any atom is 0.417 e. The van der Waals surface area contributed by atoms with Crippen LogP contribution in [0, 0.1) is 0 Å². The van der Waals surface area contributed by atoms with Crippen LogP contribution in [0.15, 0.2) is 60.8 Å². The van der Waals surface area contributed by atoms with Gasteiger partial charge in [-0.2, -0.15) is 13.2 Å². The van der Waals surface area contributed by atoms with Gasteiger partial charge in [0.1, 0.15) is 24.0 Å². The highest BCUT2D eigenvalue weighted by Crippen LogP contribution is 2.44. The van der Waals surface area contributed by atoms with Crippen LogP contribution in [-0.2, 0) is 10.9 Å². The van der Waals surface area contributed by atoms with Crippen molar-refractivity contribution in [3.8, 4) is 11.1 Å². The molecule has 0 aliphatic heterocycles. The minimum atomic E-state index is -4.70. The van der Waals surface area contributed by atoms with Crippen molar-refractivity contribution >= 4 is 17.7 Å². The van der Waals surface area contributed by atoms with E-state index in [1.165, 1.54) is 0 Å². The van der Waals surface area contributed by atoms with Gasteiger partial charge in [0, 0.05) is 24.2 Å². The average Bonchev–Trinajstić information content (AvgIpc) is 3.14. The van der Waals surface area contributed by atoms with E-state index in [1.54, 1.807) is 0 Å². The molecule has 0 bridgehead atoms. The van der Waals surface area contributed by atoms with Crippen LogP contribution in [-0.4, -0.2) is 40.5 Å². The number of aliphatic hydroxyl groups excluding tert-OH is 2. The molecule has 10 heteroatoms. The molecule has 0 saturated heterocycles. The molecule has 0 spiro atoms. The zero-order valence-electron chi connectivity index (χ0n) is 17.6. The van der Waals surface area contributed by atoms with E-state index in [2.05, 4.69) is 10.3 Å². The van der Waals surface area contributed by atoms with Crippen molar-refractivity contribution in [2.24, 2.45) is 0 Å². The number of halogens is 4. The fourth-order valence-corrected chi connectivity index (χ4v) is 4.20. The van der Waals surface area contributed by atoms with Crippen LogP contribution in [0.4, 0.5) is 18.0 Å². The van der Waals surface area contributed by atoms with Crippen LogP contribution in [0.25, 0.3) is 11.1 Å². The number of alkyl carbamates (subject to hydrolysis) is 1. The number of nitrogens with zero attached hydrogens (tertiary/aromatic N) is 1. The summed E-state index contributed by atoms with van der Waals surface area (Å²) in [5, 5.41) is 22.4. The van der Waals surface area contributed by atoms with E-state index in [1.807, 2.05) is 48.5 Å². The third-order valence-corrected chi connectivity index (χ3v) is 5.99. The number of hydrogen-bond acceptors (Lipinski definition) is 5. The molecule has 0 saturated carbocycles. The lowest BCUT2D eigenvalue weighted by Gasteiger charge is -2.20. The molecule has 1 aliphatic carbocycles. The number of aliphatic hydroxyl groups is 2. The number of amides is 1. The highest BCUT2D eigenvalue weighted by atomic mass is 35.5. The van der Waals surface area contributed by atoms with Crippen molar-refractivity contribution in [2.75, 3.05) is 13.2 Å². The minimum absolute atomic E-state index is 0.0435. The molecule has 1 aromatic heterocycles. The molecule has 0 fully saturated rings. The first-order valence-corrected chi connectivity index (χ1v) is 10.7. The van der Waals surface area contributed by atoms with Gasteiger partial charge in [-0.3, -0.25) is 0 Å². The second-order valence-corrected chi connectivity index (χ2v) is 8.18. The van der Waals surface area contributed by atoms with E-state index in [-0.39, 0.29) is 17.7 Å². The van der Waals surface area contributed by atoms with Crippen molar-refractivity contribution < 1.29 is 32.9 Å². The average molecular weight is 493 g/mol. The summed E-state index contributed by atoms with van der Waals surface area (Å²) in [4.78, 5) is 15.6. The van der Waals surface area contributed by atoms with Crippen molar-refractivity contribution in [3.05, 3.63) is 88.2 Å². The lowest BCUT2D eigenvalue weighted by molar-refractivity contribution is -0.138. The summed E-state index contributed by atoms with van der Waals surface area (Å²) < 4.78 is 44.1. The third-order valence-electron chi connectivity index (χ3n) is 5.68. The second kappa shape index (κ2) is 9.61. The number of fused-ring (bicyclic) bond motifs is 3. The number of carbonyl (C=O) groups excluding carboxylic acids is 1. The van der Waals surface area contributed by atoms with E-state index in [9.17, 15) is 28.2 Å². The molecule has 3 N–H and O–H groups in total. The summed E-state index contributed by atoms with van der Waals surface area (Å²) in [6.07, 6.45) is -8.48. The van der Waals surface area contributed by atoms with Gasteiger partial charge in [-0.25, -0.2) is 9.78 Å². The van der Waals surface area contributed by atoms with Gasteiger partial charge >= 0.3 is 12.3 Å². The Morgan fingerprint density at radius 3 is 2.26 bits per heavy atom. The highest BCUT2D eigenvalue weighted by Gasteiger charge is 2.33. The number of rotatable bonds is 6. The molecule has 3 aromatic rings. The van der Waals surface area contributed by atoms with Gasteiger partial charge in [-0.1, -0.05) is 60.1 Å². The Bertz CT molecular complexity index is 1160. The van der Waals surface area contributed by atoms with Crippen molar-refractivity contribution in [1.82, 2.24) is 10.3 Å². The van der Waals surface area contributed by atoms with Crippen molar-refractivity contribution in [1.29, 1.82) is 0 Å². The topological polar surface area (TPSA) is 91.7 Å². The molecule has 2 unspecified atom stereocenters. The molecule has 1 aliphatic rings. The first-order chi connectivity index (χ1) is 16.2. The van der Waals surface area contributed by atoms with E-state index < -0.39 is 42.1 Å². The number of benzene rings is 2. The molecule has 178 valence electrons. The number of nitrogens with one attached hydrogen (secondary N) is 1. The molecule has 2 atom stereocenters. The second-order valence-electron chi connectivity index (χ2n) is 7.82. The summed E-state index contributed by atoms with van der Waals surface area (Å²) in [5.74, 6) is -0.163. The van der Waals surface area contributed by atoms with Gasteiger partial charge in [-0.05, 0) is 28.3 Å². The van der Waals surface area contributed by atoms with Crippen LogP contribution >= 0.6 is 11.6 Å². The highest BCUT2D eigenvalue weighted by molar-refractivity contribution is 6.30. The van der Waals surface area contributed by atoms with Crippen molar-refractivity contribution in [2.45, 2.75) is 24.3 Å². The Labute approximate surface area is 198 Å². The monoisotopic (exact) mass is 492 g/mol. The lowest BCUT2D eigenvalue weighted by Crippen LogP contribution is -2.36. The number of ether oxygens (including phenoxy) is 1. The molecule has 1 heterocycles. The molecule has 0 radical (unpaired) electrons. The summed E-state index contributed by atoms with van der Waals surface area (Å²) in [6.45, 7) is -0.438. The first-order valence-electron chi connectivity index (χ1n) is 10.3. The van der Waals surface area contributed by atoms with Crippen LogP contribution in [0.3, 0.4) is 0 Å². The van der Waals surface area contributed by atoms with Crippen LogP contribution in [0.1, 0.15) is 34.3 Å². The maximum atomic E-state index is 12.9. The molecular weight excluding hydrogens is 473 g/mol. The zero-order chi connectivity index (χ0) is 24.5. The van der Waals surface area contributed by atoms with E-state index in [0.717, 1.165) is 22.3 Å². The van der Waals surface area contributed by atoms with Gasteiger partial charge in [0.25, 0.3) is 0 Å². The number of hydrogen-bond donors (Lipinski definition) is 3. The van der Waals surface area contributed by atoms with Gasteiger partial charge in [0.05, 0.1) is 5.56 Å². The van der Waals surface area contributed by atoms with Crippen LogP contribution in [0.5, 0.6) is 0 Å². The summed E-state index contributed by atoms with van der Waals surface area (Å²) >= 11 is 5.79. The van der Waals surface area contributed by atoms with Gasteiger partial charge in [0.2, 0.25) is 0 Å². The number of carbonyl (C=O) groups is 1. The van der Waals surface area contributed by atoms with E-state index >= 15 is 0 Å². The minimum Gasteiger partial charge on any atom is -0.449 e.